The first-order chi connectivity index (χ1) is 18.6. The Morgan fingerprint density at radius 1 is 1.03 bits per heavy atom. The maximum absolute atomic E-state index is 13.5. The van der Waals surface area contributed by atoms with E-state index in [1.165, 1.54) is 16.8 Å². The first-order valence-corrected chi connectivity index (χ1v) is 12.1. The third-order valence-corrected chi connectivity index (χ3v) is 6.32. The number of benzene rings is 3. The largest absolute Gasteiger partial charge is 0.482 e. The number of ether oxygens (including phenoxy) is 1. The molecular weight excluding hydrogens is 537 g/mol. The highest BCUT2D eigenvalue weighted by Gasteiger charge is 2.30. The summed E-state index contributed by atoms with van der Waals surface area (Å²) in [6, 6.07) is 16.4. The normalized spacial score (nSPS) is 11.7. The summed E-state index contributed by atoms with van der Waals surface area (Å²) in [5.41, 5.74) is 1.98. The lowest BCUT2D eigenvalue weighted by molar-refractivity contribution is -0.139. The molecule has 0 radical (unpaired) electrons. The Bertz CT molecular complexity index is 1700. The minimum Gasteiger partial charge on any atom is -0.482 e. The number of alkyl halides is 3. The van der Waals surface area contributed by atoms with Gasteiger partial charge in [-0.3, -0.25) is 9.89 Å². The van der Waals surface area contributed by atoms with Crippen molar-refractivity contribution in [1.29, 1.82) is 0 Å². The molecule has 0 aliphatic heterocycles. The smallest absolute Gasteiger partial charge is 0.416 e. The van der Waals surface area contributed by atoms with Gasteiger partial charge in [0.05, 0.1) is 22.3 Å². The van der Waals surface area contributed by atoms with Crippen LogP contribution in [0.15, 0.2) is 71.5 Å². The van der Waals surface area contributed by atoms with Crippen molar-refractivity contribution < 1.29 is 27.8 Å². The van der Waals surface area contributed by atoms with E-state index in [1.807, 2.05) is 0 Å². The SMILES string of the molecule is O=C(O)COc1ccc(CCc2c(-c3ccc(C(F)(F)F)cc3)[nH]n(-c3nc4ccc(Cl)cc4[nH]3)c2=O)cc1. The van der Waals surface area contributed by atoms with E-state index in [2.05, 4.69) is 15.1 Å². The van der Waals surface area contributed by atoms with Crippen molar-refractivity contribution in [2.45, 2.75) is 19.0 Å². The topological polar surface area (TPSA) is 113 Å². The van der Waals surface area contributed by atoms with Crippen LogP contribution >= 0.6 is 11.6 Å². The monoisotopic (exact) mass is 556 g/mol. The number of fused-ring (bicyclic) bond motifs is 1. The molecule has 0 spiro atoms. The van der Waals surface area contributed by atoms with E-state index < -0.39 is 29.9 Å². The number of nitrogens with zero attached hydrogens (tertiary/aromatic N) is 2. The molecule has 0 fully saturated rings. The number of H-pyrrole nitrogens is 2. The zero-order valence-corrected chi connectivity index (χ0v) is 20.8. The molecule has 12 heteroatoms. The molecule has 2 aromatic heterocycles. The summed E-state index contributed by atoms with van der Waals surface area (Å²) in [5.74, 6) is -0.497. The fourth-order valence-electron chi connectivity index (χ4n) is 4.16. The van der Waals surface area contributed by atoms with E-state index in [0.29, 0.717) is 45.0 Å². The fraction of sp³-hybridized carbons (Fsp3) is 0.148. The number of rotatable bonds is 8. The molecule has 3 N–H and O–H groups in total. The predicted molar refractivity (Wildman–Crippen MR) is 138 cm³/mol. The number of nitrogens with one attached hydrogen (secondary N) is 2. The van der Waals surface area contributed by atoms with Crippen molar-refractivity contribution in [1.82, 2.24) is 19.7 Å². The molecule has 0 atom stereocenters. The van der Waals surface area contributed by atoms with Gasteiger partial charge in [-0.15, -0.1) is 0 Å². The molecule has 0 saturated heterocycles. The maximum Gasteiger partial charge on any atom is 0.416 e. The van der Waals surface area contributed by atoms with Gasteiger partial charge >= 0.3 is 12.1 Å². The Hall–Kier alpha value is -4.51. The maximum atomic E-state index is 13.5. The third kappa shape index (κ3) is 5.68. The molecule has 5 rings (SSSR count). The highest BCUT2D eigenvalue weighted by molar-refractivity contribution is 6.31. The average Bonchev–Trinajstić information content (AvgIpc) is 3.46. The second kappa shape index (κ2) is 10.3. The van der Waals surface area contributed by atoms with Crippen LogP contribution in [0.2, 0.25) is 5.02 Å². The lowest BCUT2D eigenvalue weighted by Crippen LogP contribution is -2.18. The standard InChI is InChI=1S/C27H20ClF3N4O4/c28-18-8-12-21-22(13-18)33-26(32-21)35-25(38)20(11-3-15-1-9-19(10-2-15)39-14-23(36)37)24(34-35)16-4-6-17(7-5-16)27(29,30)31/h1-2,4-10,12-13,34H,3,11,14H2,(H,32,33)(H,36,37). The van der Waals surface area contributed by atoms with Gasteiger partial charge in [0, 0.05) is 10.6 Å². The van der Waals surface area contributed by atoms with E-state index in [4.69, 9.17) is 21.4 Å². The van der Waals surface area contributed by atoms with E-state index in [9.17, 15) is 22.8 Å². The molecule has 3 aromatic carbocycles. The number of carboxylic acids is 1. The van der Waals surface area contributed by atoms with Gasteiger partial charge in [-0.05, 0) is 66.4 Å². The van der Waals surface area contributed by atoms with Crippen LogP contribution in [0.3, 0.4) is 0 Å². The van der Waals surface area contributed by atoms with Crippen LogP contribution in [0.1, 0.15) is 16.7 Å². The molecule has 0 aliphatic carbocycles. The number of carbonyl (C=O) groups is 1. The van der Waals surface area contributed by atoms with Crippen LogP contribution in [0.25, 0.3) is 28.2 Å². The molecule has 39 heavy (non-hydrogen) atoms. The Kier molecular flexibility index (Phi) is 6.92. The number of aromatic amines is 2. The summed E-state index contributed by atoms with van der Waals surface area (Å²) in [7, 11) is 0. The summed E-state index contributed by atoms with van der Waals surface area (Å²) in [4.78, 5) is 31.7. The number of aryl methyl sites for hydroxylation is 1. The highest BCUT2D eigenvalue weighted by Crippen LogP contribution is 2.31. The first-order valence-electron chi connectivity index (χ1n) is 11.7. The van der Waals surface area contributed by atoms with Crippen LogP contribution in [-0.4, -0.2) is 37.4 Å². The number of aromatic nitrogens is 4. The van der Waals surface area contributed by atoms with Gasteiger partial charge in [-0.1, -0.05) is 35.9 Å². The molecule has 0 amide bonds. The number of imidazole rings is 1. The van der Waals surface area contributed by atoms with Crippen LogP contribution in [0.4, 0.5) is 13.2 Å². The van der Waals surface area contributed by atoms with Crippen LogP contribution in [0, 0.1) is 0 Å². The quantitative estimate of drug-likeness (QED) is 0.229. The summed E-state index contributed by atoms with van der Waals surface area (Å²) < 4.78 is 45.7. The van der Waals surface area contributed by atoms with Gasteiger partial charge in [0.15, 0.2) is 6.61 Å². The van der Waals surface area contributed by atoms with Crippen LogP contribution in [-0.2, 0) is 23.8 Å². The van der Waals surface area contributed by atoms with Crippen molar-refractivity contribution in [2.24, 2.45) is 0 Å². The minimum absolute atomic E-state index is 0.205. The molecule has 0 unspecified atom stereocenters. The van der Waals surface area contributed by atoms with E-state index >= 15 is 0 Å². The molecule has 0 aliphatic rings. The van der Waals surface area contributed by atoms with Crippen LogP contribution < -0.4 is 10.3 Å². The van der Waals surface area contributed by atoms with Crippen molar-refractivity contribution in [3.05, 3.63) is 98.8 Å². The van der Waals surface area contributed by atoms with Gasteiger partial charge in [-0.2, -0.15) is 17.9 Å². The molecule has 0 bridgehead atoms. The second-order valence-corrected chi connectivity index (χ2v) is 9.17. The molecular formula is C27H20ClF3N4O4. The summed E-state index contributed by atoms with van der Waals surface area (Å²) in [5, 5.41) is 12.2. The van der Waals surface area contributed by atoms with Crippen molar-refractivity contribution in [3.63, 3.8) is 0 Å². The van der Waals surface area contributed by atoms with Crippen LogP contribution in [0.5, 0.6) is 5.75 Å². The van der Waals surface area contributed by atoms with Gasteiger partial charge in [0.2, 0.25) is 5.95 Å². The Morgan fingerprint density at radius 2 is 1.74 bits per heavy atom. The van der Waals surface area contributed by atoms with Gasteiger partial charge in [0.1, 0.15) is 5.75 Å². The lowest BCUT2D eigenvalue weighted by Gasteiger charge is -2.08. The zero-order chi connectivity index (χ0) is 27.7. The van der Waals surface area contributed by atoms with Crippen molar-refractivity contribution in [2.75, 3.05) is 6.61 Å². The fourth-order valence-corrected chi connectivity index (χ4v) is 4.33. The summed E-state index contributed by atoms with van der Waals surface area (Å²) >= 11 is 6.06. The van der Waals surface area contributed by atoms with Gasteiger partial charge in [0.25, 0.3) is 5.56 Å². The first kappa shape index (κ1) is 26.1. The van der Waals surface area contributed by atoms with Crippen molar-refractivity contribution >= 4 is 28.6 Å². The number of halogens is 4. The number of carboxylic acid groups (broad SMARTS) is 1. The molecule has 2 heterocycles. The molecule has 5 aromatic rings. The highest BCUT2D eigenvalue weighted by atomic mass is 35.5. The molecule has 200 valence electrons. The molecule has 8 nitrogen and oxygen atoms in total. The minimum atomic E-state index is -4.49. The number of aliphatic carboxylic acids is 1. The molecule has 0 saturated carbocycles. The zero-order valence-electron chi connectivity index (χ0n) is 20.1. The van der Waals surface area contributed by atoms with E-state index in [-0.39, 0.29) is 12.4 Å². The Balaban J connectivity index is 1.50. The number of hydrogen-bond donors (Lipinski definition) is 3. The number of hydrogen-bond acceptors (Lipinski definition) is 4. The lowest BCUT2D eigenvalue weighted by atomic mass is 10.0. The van der Waals surface area contributed by atoms with E-state index in [1.54, 1.807) is 42.5 Å². The summed E-state index contributed by atoms with van der Waals surface area (Å²) in [6.07, 6.45) is -3.80. The van der Waals surface area contributed by atoms with Gasteiger partial charge in [-0.25, -0.2) is 9.78 Å². The predicted octanol–water partition coefficient (Wildman–Crippen LogP) is 5.63. The van der Waals surface area contributed by atoms with Gasteiger partial charge < -0.3 is 14.8 Å². The van der Waals surface area contributed by atoms with Crippen molar-refractivity contribution in [3.8, 4) is 23.0 Å². The second-order valence-electron chi connectivity index (χ2n) is 8.73. The Morgan fingerprint density at radius 3 is 2.41 bits per heavy atom. The van der Waals surface area contributed by atoms with E-state index in [0.717, 1.165) is 17.7 Å². The summed E-state index contributed by atoms with van der Waals surface area (Å²) in [6.45, 7) is -0.466. The average molecular weight is 557 g/mol. The third-order valence-electron chi connectivity index (χ3n) is 6.08. The Labute approximate surface area is 223 Å².